The van der Waals surface area contributed by atoms with Gasteiger partial charge in [-0.1, -0.05) is 95.7 Å². The van der Waals surface area contributed by atoms with Gasteiger partial charge in [-0.3, -0.25) is 19.8 Å². The van der Waals surface area contributed by atoms with Crippen LogP contribution in [0, 0.1) is 0 Å². The lowest BCUT2D eigenvalue weighted by atomic mass is 9.96. The van der Waals surface area contributed by atoms with E-state index in [1.165, 1.54) is 11.1 Å². The molecular formula is C35H35BrN4O3S. The molecule has 7 nitrogen and oxygen atoms in total. The third kappa shape index (κ3) is 7.72. The van der Waals surface area contributed by atoms with Crippen LogP contribution in [-0.2, 0) is 0 Å². The van der Waals surface area contributed by atoms with E-state index in [2.05, 4.69) is 80.0 Å². The second-order valence-corrected chi connectivity index (χ2v) is 11.8. The largest absolute Gasteiger partial charge is 0.493 e. The molecule has 0 spiro atoms. The molecule has 1 saturated heterocycles. The zero-order valence-corrected chi connectivity index (χ0v) is 26.9. The Morgan fingerprint density at radius 1 is 0.841 bits per heavy atom. The predicted molar refractivity (Wildman–Crippen MR) is 182 cm³/mol. The van der Waals surface area contributed by atoms with Crippen molar-refractivity contribution in [1.82, 2.24) is 15.1 Å². The standard InChI is InChI=1S/C35H35BrN4O3S/c1-2-23-43-31-18-17-27(36)24-29(31)33(41)38-35(44)37-30-16-10-9-15-28(30)34(42)40-21-19-39(20-22-40)32(25-11-5-3-6-12-25)26-13-7-4-8-14-26/h3-18,24,32H,2,19-23H2,1H3,(H2,37,38,41,44). The summed E-state index contributed by atoms with van der Waals surface area (Å²) in [6.07, 6.45) is 0.817. The van der Waals surface area contributed by atoms with Gasteiger partial charge in [0.25, 0.3) is 11.8 Å². The van der Waals surface area contributed by atoms with E-state index in [9.17, 15) is 9.59 Å². The monoisotopic (exact) mass is 670 g/mol. The maximum Gasteiger partial charge on any atom is 0.261 e. The average Bonchev–Trinajstić information content (AvgIpc) is 3.05. The summed E-state index contributed by atoms with van der Waals surface area (Å²) < 4.78 is 6.50. The number of piperazine rings is 1. The highest BCUT2D eigenvalue weighted by Crippen LogP contribution is 2.30. The number of ether oxygens (including phenoxy) is 1. The number of para-hydroxylation sites is 1. The number of anilines is 1. The Kier molecular flexibility index (Phi) is 10.8. The summed E-state index contributed by atoms with van der Waals surface area (Å²) in [7, 11) is 0. The second kappa shape index (κ2) is 15.1. The fourth-order valence-corrected chi connectivity index (χ4v) is 5.92. The zero-order chi connectivity index (χ0) is 30.9. The lowest BCUT2D eigenvalue weighted by Gasteiger charge is -2.40. The topological polar surface area (TPSA) is 73.9 Å². The Hall–Kier alpha value is -4.05. The molecule has 0 aromatic heterocycles. The molecule has 4 aromatic carbocycles. The van der Waals surface area contributed by atoms with Crippen LogP contribution in [0.4, 0.5) is 5.69 Å². The van der Waals surface area contributed by atoms with Crippen LogP contribution in [0.2, 0.25) is 0 Å². The number of halogens is 1. The fourth-order valence-electron chi connectivity index (χ4n) is 5.36. The minimum Gasteiger partial charge on any atom is -0.493 e. The summed E-state index contributed by atoms with van der Waals surface area (Å²) in [5.74, 6) is -0.00634. The van der Waals surface area contributed by atoms with E-state index in [1.54, 1.807) is 24.3 Å². The molecular weight excluding hydrogens is 636 g/mol. The first-order valence-electron chi connectivity index (χ1n) is 14.7. The van der Waals surface area contributed by atoms with Crippen LogP contribution >= 0.6 is 28.1 Å². The maximum atomic E-state index is 13.8. The van der Waals surface area contributed by atoms with Crippen molar-refractivity contribution in [1.29, 1.82) is 0 Å². The van der Waals surface area contributed by atoms with Crippen molar-refractivity contribution in [3.05, 3.63) is 130 Å². The van der Waals surface area contributed by atoms with Crippen LogP contribution < -0.4 is 15.4 Å². The molecule has 9 heteroatoms. The second-order valence-electron chi connectivity index (χ2n) is 10.5. The molecule has 1 aliphatic rings. The molecule has 5 rings (SSSR count). The van der Waals surface area contributed by atoms with Crippen LogP contribution in [0.1, 0.15) is 51.2 Å². The van der Waals surface area contributed by atoms with E-state index in [1.807, 2.05) is 42.2 Å². The van der Waals surface area contributed by atoms with Crippen molar-refractivity contribution in [2.75, 3.05) is 38.1 Å². The molecule has 226 valence electrons. The van der Waals surface area contributed by atoms with Crippen molar-refractivity contribution < 1.29 is 14.3 Å². The van der Waals surface area contributed by atoms with Gasteiger partial charge >= 0.3 is 0 Å². The third-order valence-corrected chi connectivity index (χ3v) is 8.18. The van der Waals surface area contributed by atoms with E-state index in [-0.39, 0.29) is 17.1 Å². The molecule has 1 fully saturated rings. The van der Waals surface area contributed by atoms with Crippen LogP contribution in [-0.4, -0.2) is 59.5 Å². The van der Waals surface area contributed by atoms with E-state index < -0.39 is 5.91 Å². The first-order valence-corrected chi connectivity index (χ1v) is 15.9. The lowest BCUT2D eigenvalue weighted by Crippen LogP contribution is -2.50. The number of hydrogen-bond acceptors (Lipinski definition) is 5. The van der Waals surface area contributed by atoms with Gasteiger partial charge in [0.05, 0.1) is 29.5 Å². The van der Waals surface area contributed by atoms with Gasteiger partial charge in [-0.2, -0.15) is 0 Å². The Labute approximate surface area is 272 Å². The molecule has 2 amide bonds. The Bertz CT molecular complexity index is 1550. The number of carbonyl (C=O) groups is 2. The normalized spacial score (nSPS) is 13.4. The van der Waals surface area contributed by atoms with E-state index in [0.717, 1.165) is 24.0 Å². The Morgan fingerprint density at radius 2 is 1.45 bits per heavy atom. The molecule has 44 heavy (non-hydrogen) atoms. The highest BCUT2D eigenvalue weighted by molar-refractivity contribution is 9.10. The van der Waals surface area contributed by atoms with E-state index in [0.29, 0.717) is 42.3 Å². The predicted octanol–water partition coefficient (Wildman–Crippen LogP) is 6.91. The summed E-state index contributed by atoms with van der Waals surface area (Å²) in [4.78, 5) is 31.2. The summed E-state index contributed by atoms with van der Waals surface area (Å²) in [6.45, 7) is 5.15. The molecule has 1 heterocycles. The van der Waals surface area contributed by atoms with Gasteiger partial charge in [-0.25, -0.2) is 0 Å². The third-order valence-electron chi connectivity index (χ3n) is 7.48. The molecule has 0 aliphatic carbocycles. The Morgan fingerprint density at radius 3 is 2.09 bits per heavy atom. The van der Waals surface area contributed by atoms with Gasteiger partial charge in [0.15, 0.2) is 5.11 Å². The van der Waals surface area contributed by atoms with Crippen LogP contribution in [0.5, 0.6) is 5.75 Å². The van der Waals surface area contributed by atoms with Gasteiger partial charge in [0, 0.05) is 30.7 Å². The molecule has 0 unspecified atom stereocenters. The number of rotatable bonds is 9. The number of nitrogens with one attached hydrogen (secondary N) is 2. The van der Waals surface area contributed by atoms with Crippen molar-refractivity contribution in [2.45, 2.75) is 19.4 Å². The molecule has 0 saturated carbocycles. The molecule has 2 N–H and O–H groups in total. The number of benzene rings is 4. The molecule has 0 atom stereocenters. The average molecular weight is 672 g/mol. The van der Waals surface area contributed by atoms with Crippen molar-refractivity contribution in [3.63, 3.8) is 0 Å². The summed E-state index contributed by atoms with van der Waals surface area (Å²) in [6, 6.07) is 33.6. The first kappa shape index (κ1) is 31.4. The van der Waals surface area contributed by atoms with Gasteiger partial charge in [-0.15, -0.1) is 0 Å². The summed E-state index contributed by atoms with van der Waals surface area (Å²) in [5, 5.41) is 5.89. The minimum atomic E-state index is -0.402. The SMILES string of the molecule is CCCOc1ccc(Br)cc1C(=O)NC(=S)Nc1ccccc1C(=O)N1CCN(C(c2ccccc2)c2ccccc2)CC1. The molecule has 0 radical (unpaired) electrons. The lowest BCUT2D eigenvalue weighted by molar-refractivity contribution is 0.0598. The number of nitrogens with zero attached hydrogens (tertiary/aromatic N) is 2. The van der Waals surface area contributed by atoms with Crippen LogP contribution in [0.15, 0.2) is 108 Å². The molecule has 4 aromatic rings. The zero-order valence-electron chi connectivity index (χ0n) is 24.5. The fraction of sp³-hybridized carbons (Fsp3) is 0.229. The summed E-state index contributed by atoms with van der Waals surface area (Å²) >= 11 is 8.91. The number of thiocarbonyl (C=S) groups is 1. The number of amides is 2. The molecule has 0 bridgehead atoms. The van der Waals surface area contributed by atoms with E-state index in [4.69, 9.17) is 17.0 Å². The van der Waals surface area contributed by atoms with Gasteiger partial charge < -0.3 is 15.0 Å². The number of carbonyl (C=O) groups excluding carboxylic acids is 2. The van der Waals surface area contributed by atoms with E-state index >= 15 is 0 Å². The first-order chi connectivity index (χ1) is 21.4. The van der Waals surface area contributed by atoms with Crippen LogP contribution in [0.25, 0.3) is 0 Å². The quantitative estimate of drug-likeness (QED) is 0.189. The maximum absolute atomic E-state index is 13.8. The number of hydrogen-bond donors (Lipinski definition) is 2. The van der Waals surface area contributed by atoms with Gasteiger partial charge in [0.1, 0.15) is 5.75 Å². The summed E-state index contributed by atoms with van der Waals surface area (Å²) in [5.41, 5.74) is 3.86. The van der Waals surface area contributed by atoms with Crippen molar-refractivity contribution >= 4 is 50.8 Å². The molecule has 1 aliphatic heterocycles. The Balaban J connectivity index is 1.25. The van der Waals surface area contributed by atoms with Crippen LogP contribution in [0.3, 0.4) is 0 Å². The van der Waals surface area contributed by atoms with Gasteiger partial charge in [0.2, 0.25) is 0 Å². The van der Waals surface area contributed by atoms with Crippen molar-refractivity contribution in [2.24, 2.45) is 0 Å². The highest BCUT2D eigenvalue weighted by Gasteiger charge is 2.29. The smallest absolute Gasteiger partial charge is 0.261 e. The van der Waals surface area contributed by atoms with Crippen molar-refractivity contribution in [3.8, 4) is 5.75 Å². The van der Waals surface area contributed by atoms with Gasteiger partial charge in [-0.05, 0) is 60.1 Å². The minimum absolute atomic E-state index is 0.0832. The highest BCUT2D eigenvalue weighted by atomic mass is 79.9.